The Hall–Kier alpha value is -3.75. The minimum Gasteiger partial charge on any atom is -0.383 e. The van der Waals surface area contributed by atoms with Crippen LogP contribution in [0.25, 0.3) is 10.8 Å². The first-order chi connectivity index (χ1) is 12.6. The number of hydrogen-bond donors (Lipinski definition) is 3. The fourth-order valence-corrected chi connectivity index (χ4v) is 2.46. The quantitative estimate of drug-likeness (QED) is 0.351. The minimum absolute atomic E-state index is 0.0138. The number of nitro groups is 1. The van der Waals surface area contributed by atoms with Crippen LogP contribution >= 0.6 is 0 Å². The number of carbonyl (C=O) groups excluding carboxylic acids is 1. The Morgan fingerprint density at radius 3 is 2.46 bits per heavy atom. The van der Waals surface area contributed by atoms with E-state index >= 15 is 0 Å². The van der Waals surface area contributed by atoms with Gasteiger partial charge in [-0.3, -0.25) is 19.7 Å². The molecule has 9 heteroatoms. The number of aromatic amines is 1. The van der Waals surface area contributed by atoms with E-state index in [2.05, 4.69) is 20.8 Å². The second kappa shape index (κ2) is 7.43. The van der Waals surface area contributed by atoms with E-state index in [1.807, 2.05) is 0 Å². The number of carbonyl (C=O) groups is 1. The third-order valence-electron chi connectivity index (χ3n) is 3.73. The molecule has 0 aliphatic heterocycles. The molecule has 0 saturated heterocycles. The zero-order chi connectivity index (χ0) is 18.5. The van der Waals surface area contributed by atoms with Crippen LogP contribution in [0.2, 0.25) is 0 Å². The summed E-state index contributed by atoms with van der Waals surface area (Å²) in [5, 5.41) is 23.4. The van der Waals surface area contributed by atoms with Crippen molar-refractivity contribution in [1.82, 2.24) is 15.5 Å². The van der Waals surface area contributed by atoms with E-state index in [1.54, 1.807) is 36.4 Å². The molecule has 9 nitrogen and oxygen atoms in total. The molecule has 0 saturated carbocycles. The smallest absolute Gasteiger partial charge is 0.272 e. The van der Waals surface area contributed by atoms with Crippen LogP contribution in [0.15, 0.2) is 53.3 Å². The fraction of sp³-hybridized carbons (Fsp3) is 0.118. The molecule has 26 heavy (non-hydrogen) atoms. The van der Waals surface area contributed by atoms with Gasteiger partial charge in [0.2, 0.25) is 0 Å². The van der Waals surface area contributed by atoms with Gasteiger partial charge in [0.25, 0.3) is 17.2 Å². The second-order valence-corrected chi connectivity index (χ2v) is 5.43. The Labute approximate surface area is 147 Å². The fourth-order valence-electron chi connectivity index (χ4n) is 2.46. The average Bonchev–Trinajstić information content (AvgIpc) is 2.66. The van der Waals surface area contributed by atoms with E-state index in [-0.39, 0.29) is 16.9 Å². The maximum Gasteiger partial charge on any atom is 0.272 e. The lowest BCUT2D eigenvalue weighted by Gasteiger charge is -2.08. The number of nitrogens with zero attached hydrogens (tertiary/aromatic N) is 2. The van der Waals surface area contributed by atoms with Crippen molar-refractivity contribution in [3.05, 3.63) is 74.7 Å². The Morgan fingerprint density at radius 2 is 1.77 bits per heavy atom. The molecule has 0 unspecified atom stereocenters. The lowest BCUT2D eigenvalue weighted by Crippen LogP contribution is -2.30. The predicted molar refractivity (Wildman–Crippen MR) is 96.3 cm³/mol. The molecule has 1 heterocycles. The largest absolute Gasteiger partial charge is 0.383 e. The standard InChI is InChI=1S/C17H15N5O4/c23-16-14-4-2-1-3-13(14)15(20-21-16)17(24)19-10-9-18-11-5-7-12(8-6-11)22(25)26/h1-8,18H,9-10H2,(H,19,24)(H,21,23). The number of aromatic nitrogens is 2. The molecule has 2 aromatic carbocycles. The molecule has 3 N–H and O–H groups in total. The third-order valence-corrected chi connectivity index (χ3v) is 3.73. The van der Waals surface area contributed by atoms with Gasteiger partial charge in [0, 0.05) is 36.3 Å². The predicted octanol–water partition coefficient (Wildman–Crippen LogP) is 1.67. The van der Waals surface area contributed by atoms with Crippen LogP contribution in [-0.2, 0) is 0 Å². The van der Waals surface area contributed by atoms with Crippen molar-refractivity contribution in [1.29, 1.82) is 0 Å². The highest BCUT2D eigenvalue weighted by molar-refractivity contribution is 6.04. The van der Waals surface area contributed by atoms with Crippen molar-refractivity contribution in [2.45, 2.75) is 0 Å². The number of nitrogens with one attached hydrogen (secondary N) is 3. The van der Waals surface area contributed by atoms with Crippen LogP contribution < -0.4 is 16.2 Å². The summed E-state index contributed by atoms with van der Waals surface area (Å²) in [5.74, 6) is -0.400. The SMILES string of the molecule is O=C(NCCNc1ccc([N+](=O)[O-])cc1)c1n[nH]c(=O)c2ccccc12. The molecule has 1 amide bonds. The zero-order valence-electron chi connectivity index (χ0n) is 13.6. The topological polar surface area (TPSA) is 130 Å². The van der Waals surface area contributed by atoms with Crippen molar-refractivity contribution in [2.75, 3.05) is 18.4 Å². The minimum atomic E-state index is -0.467. The summed E-state index contributed by atoms with van der Waals surface area (Å²) in [4.78, 5) is 34.2. The van der Waals surface area contributed by atoms with Gasteiger partial charge in [0.1, 0.15) is 0 Å². The van der Waals surface area contributed by atoms with Crippen molar-refractivity contribution in [3.63, 3.8) is 0 Å². The molecule has 3 rings (SSSR count). The molecule has 3 aromatic rings. The first-order valence-electron chi connectivity index (χ1n) is 7.80. The summed E-state index contributed by atoms with van der Waals surface area (Å²) in [7, 11) is 0. The van der Waals surface area contributed by atoms with Gasteiger partial charge < -0.3 is 10.6 Å². The summed E-state index contributed by atoms with van der Waals surface area (Å²) in [6, 6.07) is 12.7. The number of H-pyrrole nitrogens is 1. The molecule has 132 valence electrons. The molecule has 0 fully saturated rings. The monoisotopic (exact) mass is 353 g/mol. The molecular weight excluding hydrogens is 338 g/mol. The Kier molecular flexibility index (Phi) is 4.88. The van der Waals surface area contributed by atoms with E-state index in [0.29, 0.717) is 29.5 Å². The van der Waals surface area contributed by atoms with Gasteiger partial charge >= 0.3 is 0 Å². The van der Waals surface area contributed by atoms with Crippen LogP contribution in [0.1, 0.15) is 10.5 Å². The summed E-state index contributed by atoms with van der Waals surface area (Å²) in [6.45, 7) is 0.732. The second-order valence-electron chi connectivity index (χ2n) is 5.43. The molecule has 0 spiro atoms. The molecule has 0 aliphatic carbocycles. The molecule has 0 aliphatic rings. The van der Waals surface area contributed by atoms with Crippen LogP contribution in [-0.4, -0.2) is 34.1 Å². The highest BCUT2D eigenvalue weighted by Gasteiger charge is 2.13. The van der Waals surface area contributed by atoms with Gasteiger partial charge in [-0.05, 0) is 18.2 Å². The van der Waals surface area contributed by atoms with Crippen LogP contribution in [0.3, 0.4) is 0 Å². The average molecular weight is 353 g/mol. The van der Waals surface area contributed by atoms with Crippen molar-refractivity contribution in [3.8, 4) is 0 Å². The van der Waals surface area contributed by atoms with E-state index in [9.17, 15) is 19.7 Å². The van der Waals surface area contributed by atoms with Gasteiger partial charge in [-0.25, -0.2) is 5.10 Å². The Bertz CT molecular complexity index is 1010. The maximum atomic E-state index is 12.3. The van der Waals surface area contributed by atoms with E-state index in [4.69, 9.17) is 0 Å². The number of rotatable bonds is 6. The van der Waals surface area contributed by atoms with Crippen LogP contribution in [0, 0.1) is 10.1 Å². The maximum absolute atomic E-state index is 12.3. The van der Waals surface area contributed by atoms with Gasteiger partial charge in [-0.1, -0.05) is 18.2 Å². The summed E-state index contributed by atoms with van der Waals surface area (Å²) >= 11 is 0. The number of amides is 1. The summed E-state index contributed by atoms with van der Waals surface area (Å²) in [5.41, 5.74) is 0.518. The number of non-ortho nitro benzene ring substituents is 1. The van der Waals surface area contributed by atoms with Crippen molar-refractivity contribution < 1.29 is 9.72 Å². The van der Waals surface area contributed by atoms with E-state index in [0.717, 1.165) is 0 Å². The first kappa shape index (κ1) is 17.1. The third kappa shape index (κ3) is 3.66. The molecule has 0 atom stereocenters. The number of hydrogen-bond acceptors (Lipinski definition) is 6. The number of anilines is 1. The van der Waals surface area contributed by atoms with Gasteiger partial charge in [0.15, 0.2) is 5.69 Å². The van der Waals surface area contributed by atoms with Gasteiger partial charge in [-0.2, -0.15) is 5.10 Å². The van der Waals surface area contributed by atoms with Crippen molar-refractivity contribution in [2.24, 2.45) is 0 Å². The lowest BCUT2D eigenvalue weighted by molar-refractivity contribution is -0.384. The summed E-state index contributed by atoms with van der Waals surface area (Å²) in [6.07, 6.45) is 0. The number of nitro benzene ring substituents is 1. The van der Waals surface area contributed by atoms with Crippen LogP contribution in [0.4, 0.5) is 11.4 Å². The molecule has 0 bridgehead atoms. The lowest BCUT2D eigenvalue weighted by atomic mass is 10.1. The van der Waals surface area contributed by atoms with E-state index < -0.39 is 10.8 Å². The van der Waals surface area contributed by atoms with E-state index in [1.165, 1.54) is 12.1 Å². The van der Waals surface area contributed by atoms with Crippen LogP contribution in [0.5, 0.6) is 0 Å². The molecule has 1 aromatic heterocycles. The normalized spacial score (nSPS) is 10.5. The Morgan fingerprint density at radius 1 is 1.08 bits per heavy atom. The molecular formula is C17H15N5O4. The highest BCUT2D eigenvalue weighted by atomic mass is 16.6. The number of benzene rings is 2. The molecule has 0 radical (unpaired) electrons. The van der Waals surface area contributed by atoms with Crippen molar-refractivity contribution >= 4 is 28.1 Å². The van der Waals surface area contributed by atoms with Gasteiger partial charge in [0.05, 0.1) is 10.3 Å². The zero-order valence-corrected chi connectivity index (χ0v) is 13.6. The highest BCUT2D eigenvalue weighted by Crippen LogP contribution is 2.15. The Balaban J connectivity index is 1.59. The van der Waals surface area contributed by atoms with Gasteiger partial charge in [-0.15, -0.1) is 0 Å². The first-order valence-corrected chi connectivity index (χ1v) is 7.80. The summed E-state index contributed by atoms with van der Waals surface area (Å²) < 4.78 is 0. The number of fused-ring (bicyclic) bond motifs is 1.